The number of aliphatic carboxylic acids is 1. The summed E-state index contributed by atoms with van der Waals surface area (Å²) in [7, 11) is 0. The van der Waals surface area contributed by atoms with E-state index in [4.69, 9.17) is 11.6 Å². The number of hydrogen-bond acceptors (Lipinski definition) is 3. The minimum atomic E-state index is -1.36. The van der Waals surface area contributed by atoms with Gasteiger partial charge in [-0.2, -0.15) is 0 Å². The Morgan fingerprint density at radius 2 is 2.12 bits per heavy atom. The van der Waals surface area contributed by atoms with Crippen molar-refractivity contribution in [2.75, 3.05) is 5.88 Å². The summed E-state index contributed by atoms with van der Waals surface area (Å²) in [6, 6.07) is 0. The molecular weight excluding hydrogens is 397 g/mol. The summed E-state index contributed by atoms with van der Waals surface area (Å²) in [4.78, 5) is 25.0. The summed E-state index contributed by atoms with van der Waals surface area (Å²) in [6.07, 6.45) is 0. The molecule has 0 aromatic carbocycles. The Morgan fingerprint density at radius 3 is 2.53 bits per heavy atom. The van der Waals surface area contributed by atoms with Crippen LogP contribution in [-0.4, -0.2) is 46.7 Å². The number of β-lactam (4-membered cyclic amide) rings is 1. The lowest BCUT2D eigenvalue weighted by Crippen LogP contribution is -2.74. The van der Waals surface area contributed by atoms with Crippen molar-refractivity contribution in [3.63, 3.8) is 0 Å². The Balaban J connectivity index is 2.54. The van der Waals surface area contributed by atoms with E-state index in [1.807, 2.05) is 0 Å². The van der Waals surface area contributed by atoms with Gasteiger partial charge in [-0.3, -0.25) is 4.79 Å². The van der Waals surface area contributed by atoms with Gasteiger partial charge in [0.1, 0.15) is 5.37 Å². The fourth-order valence-electron chi connectivity index (χ4n) is 2.28. The van der Waals surface area contributed by atoms with Gasteiger partial charge in [0.2, 0.25) is 0 Å². The molecule has 2 aliphatic rings. The number of hydrogen-bond donors (Lipinski definition) is 1. The number of amides is 1. The molecule has 2 atom stereocenters. The van der Waals surface area contributed by atoms with Crippen molar-refractivity contribution in [2.45, 2.75) is 32.7 Å². The quantitative estimate of drug-likeness (QED) is 0.563. The highest BCUT2D eigenvalue weighted by molar-refractivity contribution is 9.26. The molecule has 0 radical (unpaired) electrons. The summed E-state index contributed by atoms with van der Waals surface area (Å²) in [5.74, 6) is -1.47. The molecule has 0 unspecified atom stereocenters. The molecule has 8 heteroatoms. The molecule has 0 aliphatic carbocycles. The lowest BCUT2D eigenvalue weighted by atomic mass is 9.83. The zero-order valence-corrected chi connectivity index (χ0v) is 13.8. The van der Waals surface area contributed by atoms with Gasteiger partial charge in [0.25, 0.3) is 5.91 Å². The molecule has 1 N–H and O–H groups in total. The van der Waals surface area contributed by atoms with E-state index in [2.05, 4.69) is 31.9 Å². The smallest absolute Gasteiger partial charge is 0.332 e. The fraction of sp³-hybridized carbons (Fsp3) is 0.778. The first-order valence-corrected chi connectivity index (χ1v) is 7.81. The van der Waals surface area contributed by atoms with Crippen molar-refractivity contribution in [1.29, 1.82) is 0 Å². The highest BCUT2D eigenvalue weighted by atomic mass is 79.9. The van der Waals surface area contributed by atoms with Crippen LogP contribution in [0.25, 0.3) is 0 Å². The molecular formula is C9H10Br2ClNO3S. The second kappa shape index (κ2) is 3.77. The van der Waals surface area contributed by atoms with Gasteiger partial charge in [-0.05, 0) is 13.8 Å². The maximum atomic E-state index is 12.0. The van der Waals surface area contributed by atoms with Gasteiger partial charge in [0.15, 0.2) is 8.77 Å². The minimum Gasteiger partial charge on any atom is -0.479 e. The monoisotopic (exact) mass is 405 g/mol. The van der Waals surface area contributed by atoms with Gasteiger partial charge >= 0.3 is 5.97 Å². The van der Waals surface area contributed by atoms with Crippen molar-refractivity contribution in [1.82, 2.24) is 4.90 Å². The van der Waals surface area contributed by atoms with Gasteiger partial charge in [0, 0.05) is 4.75 Å². The molecule has 0 bridgehead atoms. The predicted octanol–water partition coefficient (Wildman–Crippen LogP) is 2.23. The van der Waals surface area contributed by atoms with Crippen LogP contribution in [0.2, 0.25) is 0 Å². The van der Waals surface area contributed by atoms with Crippen molar-refractivity contribution in [3.05, 3.63) is 0 Å². The topological polar surface area (TPSA) is 57.6 Å². The summed E-state index contributed by atoms with van der Waals surface area (Å²) in [5, 5.41) is 9.22. The lowest BCUT2D eigenvalue weighted by Gasteiger charge is -2.51. The summed E-state index contributed by atoms with van der Waals surface area (Å²) in [6.45, 7) is 3.60. The molecule has 1 amide bonds. The fourth-order valence-corrected chi connectivity index (χ4v) is 5.93. The van der Waals surface area contributed by atoms with E-state index in [-0.39, 0.29) is 17.2 Å². The maximum absolute atomic E-state index is 12.0. The third kappa shape index (κ3) is 1.42. The molecule has 0 spiro atoms. The van der Waals surface area contributed by atoms with E-state index in [0.717, 1.165) is 0 Å². The standard InChI is InChI=1S/C9H10Br2ClNO3S/c1-7(2)8(3-12,6(15)16)13-4(14)9(10,11)5(13)17-7/h5H,3H2,1-2H3,(H,15,16)/t5-,8+/m1/s1. The van der Waals surface area contributed by atoms with Crippen LogP contribution in [0.3, 0.4) is 0 Å². The van der Waals surface area contributed by atoms with Gasteiger partial charge in [-0.15, -0.1) is 23.4 Å². The number of nitrogens with zero attached hydrogens (tertiary/aromatic N) is 1. The van der Waals surface area contributed by atoms with Crippen molar-refractivity contribution in [3.8, 4) is 0 Å². The van der Waals surface area contributed by atoms with Crippen molar-refractivity contribution >= 4 is 67.1 Å². The van der Waals surface area contributed by atoms with Gasteiger partial charge in [-0.25, -0.2) is 4.79 Å². The molecule has 4 nitrogen and oxygen atoms in total. The Morgan fingerprint density at radius 1 is 1.59 bits per heavy atom. The number of rotatable bonds is 2. The van der Waals surface area contributed by atoms with Crippen LogP contribution in [0.1, 0.15) is 13.8 Å². The average molecular weight is 408 g/mol. The molecule has 2 saturated heterocycles. The molecule has 2 heterocycles. The van der Waals surface area contributed by atoms with E-state index >= 15 is 0 Å². The molecule has 2 aliphatic heterocycles. The molecule has 2 fully saturated rings. The largest absolute Gasteiger partial charge is 0.479 e. The zero-order chi connectivity index (χ0) is 13.2. The number of carbonyl (C=O) groups excluding carboxylic acids is 1. The predicted molar refractivity (Wildman–Crippen MR) is 74.0 cm³/mol. The van der Waals surface area contributed by atoms with Crippen LogP contribution >= 0.6 is 55.2 Å². The van der Waals surface area contributed by atoms with Gasteiger partial charge in [-0.1, -0.05) is 31.9 Å². The Labute approximate surface area is 125 Å². The third-order valence-electron chi connectivity index (χ3n) is 3.41. The summed E-state index contributed by atoms with van der Waals surface area (Å²) < 4.78 is -1.52. The van der Waals surface area contributed by atoms with E-state index in [0.29, 0.717) is 0 Å². The Hall–Kier alpha value is 0.540. The van der Waals surface area contributed by atoms with Crippen LogP contribution in [0.5, 0.6) is 0 Å². The third-order valence-corrected chi connectivity index (χ3v) is 7.66. The maximum Gasteiger partial charge on any atom is 0.332 e. The first kappa shape index (κ1) is 14.0. The number of alkyl halides is 3. The Kier molecular flexibility index (Phi) is 3.10. The minimum absolute atomic E-state index is 0.124. The van der Waals surface area contributed by atoms with Gasteiger partial charge < -0.3 is 10.0 Å². The normalized spacial score (nSPS) is 37.6. The van der Waals surface area contributed by atoms with Crippen molar-refractivity contribution in [2.24, 2.45) is 0 Å². The van der Waals surface area contributed by atoms with Crippen LogP contribution in [0.15, 0.2) is 0 Å². The van der Waals surface area contributed by atoms with E-state index in [9.17, 15) is 14.7 Å². The number of thioether (sulfide) groups is 1. The summed E-state index contributed by atoms with van der Waals surface area (Å²) in [5.41, 5.74) is -1.36. The van der Waals surface area contributed by atoms with Crippen LogP contribution in [-0.2, 0) is 9.59 Å². The number of carboxylic acids is 1. The Bertz CT molecular complexity index is 417. The number of carboxylic acid groups (broad SMARTS) is 1. The highest BCUT2D eigenvalue weighted by Crippen LogP contribution is 2.64. The molecule has 0 aromatic rings. The highest BCUT2D eigenvalue weighted by Gasteiger charge is 2.76. The number of fused-ring (bicyclic) bond motifs is 1. The zero-order valence-electron chi connectivity index (χ0n) is 9.04. The molecule has 0 aromatic heterocycles. The average Bonchev–Trinajstić information content (AvgIpc) is 2.45. The lowest BCUT2D eigenvalue weighted by molar-refractivity contribution is -0.166. The summed E-state index contributed by atoms with van der Waals surface area (Å²) >= 11 is 13.9. The molecule has 0 saturated carbocycles. The molecule has 96 valence electrons. The van der Waals surface area contributed by atoms with Gasteiger partial charge in [0.05, 0.1) is 5.88 Å². The number of halogens is 3. The van der Waals surface area contributed by atoms with Crippen LogP contribution < -0.4 is 0 Å². The van der Waals surface area contributed by atoms with E-state index in [1.54, 1.807) is 13.8 Å². The van der Waals surface area contributed by atoms with E-state index in [1.165, 1.54) is 16.7 Å². The SMILES string of the molecule is CC1(C)S[C@H]2N(C(=O)C2(Br)Br)[C@@]1(CCl)C(=O)O. The van der Waals surface area contributed by atoms with Crippen molar-refractivity contribution < 1.29 is 14.7 Å². The first-order chi connectivity index (χ1) is 7.63. The second-order valence-electron chi connectivity index (χ2n) is 4.58. The second-order valence-corrected chi connectivity index (χ2v) is 10.1. The number of carbonyl (C=O) groups is 2. The van der Waals surface area contributed by atoms with E-state index < -0.39 is 19.5 Å². The molecule has 17 heavy (non-hydrogen) atoms. The van der Waals surface area contributed by atoms with Crippen LogP contribution in [0, 0.1) is 0 Å². The van der Waals surface area contributed by atoms with Crippen LogP contribution in [0.4, 0.5) is 0 Å². The first-order valence-electron chi connectivity index (χ1n) is 4.81. The molecule has 2 rings (SSSR count).